The summed E-state index contributed by atoms with van der Waals surface area (Å²) in [5, 5.41) is 19.9. The largest absolute Gasteiger partial charge is 0.481 e. The van der Waals surface area contributed by atoms with E-state index in [0.717, 1.165) is 25.7 Å². The Kier molecular flexibility index (Phi) is 3.32. The van der Waals surface area contributed by atoms with Crippen LogP contribution in [0.25, 0.3) is 0 Å². The number of aliphatic carboxylic acids is 1. The summed E-state index contributed by atoms with van der Waals surface area (Å²) in [6.07, 6.45) is 4.62. The predicted octanol–water partition coefficient (Wildman–Crippen LogP) is 1.50. The van der Waals surface area contributed by atoms with Crippen molar-refractivity contribution in [3.63, 3.8) is 0 Å². The zero-order valence-electron chi connectivity index (χ0n) is 12.8. The van der Waals surface area contributed by atoms with Crippen LogP contribution in [0.1, 0.15) is 46.0 Å². The van der Waals surface area contributed by atoms with E-state index in [1.165, 1.54) is 0 Å². The molecule has 2 unspecified atom stereocenters. The van der Waals surface area contributed by atoms with Crippen LogP contribution in [0.3, 0.4) is 0 Å². The van der Waals surface area contributed by atoms with E-state index in [1.807, 2.05) is 13.8 Å². The number of amides is 1. The number of likely N-dealkylation sites (tertiary alicyclic amines) is 1. The van der Waals surface area contributed by atoms with Gasteiger partial charge in [-0.15, -0.1) is 0 Å². The molecule has 1 amide bonds. The normalized spacial score (nSPS) is 41.3. The summed E-state index contributed by atoms with van der Waals surface area (Å²) in [4.78, 5) is 25.7. The van der Waals surface area contributed by atoms with Crippen molar-refractivity contribution in [2.45, 2.75) is 51.6 Å². The van der Waals surface area contributed by atoms with Crippen LogP contribution in [0.4, 0.5) is 0 Å². The molecular weight excluding hydrogens is 270 g/mol. The van der Waals surface area contributed by atoms with Gasteiger partial charge in [-0.1, -0.05) is 26.7 Å². The molecule has 1 aliphatic heterocycles. The number of hydrogen-bond donors (Lipinski definition) is 2. The number of fused-ring (bicyclic) bond motifs is 1. The second-order valence-electron chi connectivity index (χ2n) is 7.70. The third kappa shape index (κ3) is 2.26. The Labute approximate surface area is 125 Å². The molecule has 3 fully saturated rings. The van der Waals surface area contributed by atoms with E-state index in [9.17, 15) is 19.8 Å². The van der Waals surface area contributed by atoms with Gasteiger partial charge in [-0.3, -0.25) is 9.59 Å². The topological polar surface area (TPSA) is 77.8 Å². The van der Waals surface area contributed by atoms with Crippen molar-refractivity contribution in [3.8, 4) is 0 Å². The molecule has 3 rings (SSSR count). The first-order valence-electron chi connectivity index (χ1n) is 8.01. The fraction of sp³-hybridized carbons (Fsp3) is 0.875. The molecular formula is C16H25NO4. The number of nitrogens with zero attached hydrogens (tertiary/aromatic N) is 1. The maximum Gasteiger partial charge on any atom is 0.307 e. The second-order valence-corrected chi connectivity index (χ2v) is 7.70. The molecule has 5 heteroatoms. The quantitative estimate of drug-likeness (QED) is 0.809. The number of rotatable bonds is 2. The van der Waals surface area contributed by atoms with Crippen LogP contribution >= 0.6 is 0 Å². The number of carboxylic acid groups (broad SMARTS) is 1. The van der Waals surface area contributed by atoms with Crippen LogP contribution < -0.4 is 0 Å². The predicted molar refractivity (Wildman–Crippen MR) is 76.5 cm³/mol. The summed E-state index contributed by atoms with van der Waals surface area (Å²) in [6, 6.07) is 0. The Bertz CT molecular complexity index is 475. The fourth-order valence-electron chi connectivity index (χ4n) is 4.53. The molecule has 2 aliphatic carbocycles. The van der Waals surface area contributed by atoms with Crippen LogP contribution in [0, 0.1) is 23.2 Å². The number of hydrogen-bond acceptors (Lipinski definition) is 3. The van der Waals surface area contributed by atoms with Crippen molar-refractivity contribution < 1.29 is 19.8 Å². The number of carboxylic acids is 1. The van der Waals surface area contributed by atoms with Crippen molar-refractivity contribution in [2.24, 2.45) is 23.2 Å². The van der Waals surface area contributed by atoms with Crippen LogP contribution in [-0.2, 0) is 9.59 Å². The molecule has 21 heavy (non-hydrogen) atoms. The van der Waals surface area contributed by atoms with Gasteiger partial charge in [-0.2, -0.15) is 0 Å². The molecule has 0 spiro atoms. The summed E-state index contributed by atoms with van der Waals surface area (Å²) in [6.45, 7) is 4.86. The van der Waals surface area contributed by atoms with E-state index < -0.39 is 28.8 Å². The first-order chi connectivity index (χ1) is 9.77. The Balaban J connectivity index is 1.69. The molecule has 4 atom stereocenters. The SMILES string of the molecule is CC1(C)[C@H](C(=O)O)[C@@H]1C(=O)N1CCC2(O)CCCCC2C1. The van der Waals surface area contributed by atoms with Gasteiger partial charge in [0.2, 0.25) is 5.91 Å². The summed E-state index contributed by atoms with van der Waals surface area (Å²) in [7, 11) is 0. The van der Waals surface area contributed by atoms with Crippen molar-refractivity contribution in [3.05, 3.63) is 0 Å². The molecule has 3 aliphatic rings. The highest BCUT2D eigenvalue weighted by atomic mass is 16.4. The maximum atomic E-state index is 12.7. The average Bonchev–Trinajstić information content (AvgIpc) is 3.00. The van der Waals surface area contributed by atoms with E-state index in [4.69, 9.17) is 0 Å². The lowest BCUT2D eigenvalue weighted by Crippen LogP contribution is -2.55. The van der Waals surface area contributed by atoms with Gasteiger partial charge in [0, 0.05) is 19.0 Å². The lowest BCUT2D eigenvalue weighted by atomic mass is 9.71. The van der Waals surface area contributed by atoms with Gasteiger partial charge >= 0.3 is 5.97 Å². The average molecular weight is 295 g/mol. The van der Waals surface area contributed by atoms with Crippen molar-refractivity contribution >= 4 is 11.9 Å². The Hall–Kier alpha value is -1.10. The minimum Gasteiger partial charge on any atom is -0.481 e. The molecule has 0 aromatic rings. The second kappa shape index (κ2) is 4.70. The first-order valence-corrected chi connectivity index (χ1v) is 8.01. The minimum atomic E-state index is -0.871. The highest BCUT2D eigenvalue weighted by molar-refractivity contribution is 5.91. The standard InChI is InChI=1S/C16H25NO4/c1-15(2)11(12(15)14(19)20)13(18)17-8-7-16(21)6-4-3-5-10(16)9-17/h10-12,21H,3-9H2,1-2H3,(H,19,20)/t10?,11-,12+,16?/m1/s1. The van der Waals surface area contributed by atoms with Gasteiger partial charge < -0.3 is 15.1 Å². The molecule has 1 heterocycles. The zero-order valence-corrected chi connectivity index (χ0v) is 12.8. The molecule has 2 saturated carbocycles. The molecule has 0 radical (unpaired) electrons. The van der Waals surface area contributed by atoms with Gasteiger partial charge in [0.15, 0.2) is 0 Å². The highest BCUT2D eigenvalue weighted by Crippen LogP contribution is 2.59. The lowest BCUT2D eigenvalue weighted by Gasteiger charge is -2.47. The lowest BCUT2D eigenvalue weighted by molar-refractivity contribution is -0.148. The Morgan fingerprint density at radius 1 is 1.14 bits per heavy atom. The van der Waals surface area contributed by atoms with Gasteiger partial charge in [0.05, 0.1) is 17.4 Å². The molecule has 1 saturated heterocycles. The Morgan fingerprint density at radius 3 is 2.48 bits per heavy atom. The highest BCUT2D eigenvalue weighted by Gasteiger charge is 2.67. The molecule has 5 nitrogen and oxygen atoms in total. The summed E-state index contributed by atoms with van der Waals surface area (Å²) >= 11 is 0. The van der Waals surface area contributed by atoms with Crippen molar-refractivity contribution in [1.29, 1.82) is 0 Å². The summed E-state index contributed by atoms with van der Waals surface area (Å²) in [5.74, 6) is -1.69. The summed E-state index contributed by atoms with van der Waals surface area (Å²) in [5.41, 5.74) is -1.04. The van der Waals surface area contributed by atoms with E-state index in [-0.39, 0.29) is 11.8 Å². The molecule has 0 aromatic heterocycles. The van der Waals surface area contributed by atoms with Crippen molar-refractivity contribution in [1.82, 2.24) is 4.90 Å². The molecule has 118 valence electrons. The number of carbonyl (C=O) groups is 2. The van der Waals surface area contributed by atoms with E-state index >= 15 is 0 Å². The molecule has 0 bridgehead atoms. The van der Waals surface area contributed by atoms with Crippen molar-refractivity contribution in [2.75, 3.05) is 13.1 Å². The van der Waals surface area contributed by atoms with E-state index in [1.54, 1.807) is 4.90 Å². The first kappa shape index (κ1) is 14.8. The van der Waals surface area contributed by atoms with Gasteiger partial charge in [-0.05, 0) is 24.7 Å². The minimum absolute atomic E-state index is 0.0278. The number of carbonyl (C=O) groups excluding carboxylic acids is 1. The third-order valence-corrected chi connectivity index (χ3v) is 6.10. The third-order valence-electron chi connectivity index (χ3n) is 6.10. The van der Waals surface area contributed by atoms with Gasteiger partial charge in [0.1, 0.15) is 0 Å². The monoisotopic (exact) mass is 295 g/mol. The number of aliphatic hydroxyl groups is 1. The number of piperidine rings is 1. The van der Waals surface area contributed by atoms with Crippen LogP contribution in [-0.4, -0.2) is 45.7 Å². The van der Waals surface area contributed by atoms with E-state index in [2.05, 4.69) is 0 Å². The Morgan fingerprint density at radius 2 is 1.86 bits per heavy atom. The van der Waals surface area contributed by atoms with Crippen LogP contribution in [0.5, 0.6) is 0 Å². The van der Waals surface area contributed by atoms with Crippen LogP contribution in [0.15, 0.2) is 0 Å². The fourth-order valence-corrected chi connectivity index (χ4v) is 4.53. The molecule has 2 N–H and O–H groups in total. The van der Waals surface area contributed by atoms with Crippen LogP contribution in [0.2, 0.25) is 0 Å². The van der Waals surface area contributed by atoms with Gasteiger partial charge in [-0.25, -0.2) is 0 Å². The smallest absolute Gasteiger partial charge is 0.307 e. The zero-order chi connectivity index (χ0) is 15.4. The summed E-state index contributed by atoms with van der Waals surface area (Å²) < 4.78 is 0. The van der Waals surface area contributed by atoms with E-state index in [0.29, 0.717) is 19.5 Å². The molecule has 0 aromatic carbocycles. The van der Waals surface area contributed by atoms with Gasteiger partial charge in [0.25, 0.3) is 0 Å². The maximum absolute atomic E-state index is 12.7.